The van der Waals surface area contributed by atoms with Crippen molar-refractivity contribution in [2.75, 3.05) is 7.05 Å². The number of likely N-dealkylation sites (N-methyl/N-ethyl adjacent to an activating group) is 1. The van der Waals surface area contributed by atoms with Gasteiger partial charge in [0, 0.05) is 19.2 Å². The molecule has 0 N–H and O–H groups in total. The SMILES string of the molecule is C[C@H](Cc1ccccc1)N(C)C(=O)c1ccc[n+](C)c1. The fraction of sp³-hybridized carbons (Fsp3) is 0.294. The van der Waals surface area contributed by atoms with Gasteiger partial charge in [0.2, 0.25) is 0 Å². The molecule has 0 aliphatic heterocycles. The van der Waals surface area contributed by atoms with E-state index in [-0.39, 0.29) is 11.9 Å². The number of rotatable bonds is 4. The minimum atomic E-state index is 0.0598. The molecule has 0 aliphatic rings. The van der Waals surface area contributed by atoms with Crippen molar-refractivity contribution >= 4 is 5.91 Å². The molecule has 20 heavy (non-hydrogen) atoms. The molecule has 0 radical (unpaired) electrons. The van der Waals surface area contributed by atoms with E-state index in [1.807, 2.05) is 66.3 Å². The number of aryl methyl sites for hydroxylation is 1. The lowest BCUT2D eigenvalue weighted by Crippen LogP contribution is -2.38. The van der Waals surface area contributed by atoms with E-state index in [0.717, 1.165) is 12.0 Å². The Bertz CT molecular complexity index is 581. The molecule has 0 spiro atoms. The van der Waals surface area contributed by atoms with Gasteiger partial charge in [0.15, 0.2) is 12.4 Å². The van der Waals surface area contributed by atoms with E-state index in [2.05, 4.69) is 19.1 Å². The van der Waals surface area contributed by atoms with Crippen LogP contribution in [0.2, 0.25) is 0 Å². The molecule has 2 aromatic rings. The van der Waals surface area contributed by atoms with E-state index in [1.54, 1.807) is 0 Å². The monoisotopic (exact) mass is 269 g/mol. The summed E-state index contributed by atoms with van der Waals surface area (Å²) in [5.74, 6) is 0.0598. The molecule has 0 aliphatic carbocycles. The largest absolute Gasteiger partial charge is 0.338 e. The molecule has 0 bridgehead atoms. The number of aromatic nitrogens is 1. The number of hydrogen-bond acceptors (Lipinski definition) is 1. The van der Waals surface area contributed by atoms with E-state index in [0.29, 0.717) is 0 Å². The van der Waals surface area contributed by atoms with Crippen molar-refractivity contribution in [3.63, 3.8) is 0 Å². The molecule has 1 aromatic heterocycles. The fourth-order valence-electron chi connectivity index (χ4n) is 2.21. The molecule has 3 nitrogen and oxygen atoms in total. The number of hydrogen-bond donors (Lipinski definition) is 0. The van der Waals surface area contributed by atoms with Crippen LogP contribution in [0, 0.1) is 0 Å². The molecule has 0 saturated heterocycles. The average Bonchev–Trinajstić information content (AvgIpc) is 2.46. The van der Waals surface area contributed by atoms with E-state index < -0.39 is 0 Å². The lowest BCUT2D eigenvalue weighted by atomic mass is 10.1. The van der Waals surface area contributed by atoms with Gasteiger partial charge in [-0.2, -0.15) is 0 Å². The minimum Gasteiger partial charge on any atom is -0.338 e. The predicted octanol–water partition coefficient (Wildman–Crippen LogP) is 2.21. The summed E-state index contributed by atoms with van der Waals surface area (Å²) >= 11 is 0. The van der Waals surface area contributed by atoms with Crippen molar-refractivity contribution in [2.24, 2.45) is 7.05 Å². The topological polar surface area (TPSA) is 24.2 Å². The number of carbonyl (C=O) groups is 1. The number of benzene rings is 1. The van der Waals surface area contributed by atoms with Gasteiger partial charge >= 0.3 is 0 Å². The highest BCUT2D eigenvalue weighted by molar-refractivity contribution is 5.93. The van der Waals surface area contributed by atoms with Crippen molar-refractivity contribution < 1.29 is 9.36 Å². The summed E-state index contributed by atoms with van der Waals surface area (Å²) in [5.41, 5.74) is 1.97. The van der Waals surface area contributed by atoms with Gasteiger partial charge in [0.25, 0.3) is 5.91 Å². The van der Waals surface area contributed by atoms with Gasteiger partial charge < -0.3 is 4.90 Å². The molecule has 1 atom stereocenters. The Labute approximate surface area is 120 Å². The standard InChI is InChI=1S/C17H21N2O/c1-14(12-15-8-5-4-6-9-15)19(3)17(20)16-10-7-11-18(2)13-16/h4-11,13-14H,12H2,1-3H3/q+1/t14-/m1/s1. The Balaban J connectivity index is 2.06. The van der Waals surface area contributed by atoms with E-state index in [4.69, 9.17) is 0 Å². The van der Waals surface area contributed by atoms with Crippen LogP contribution in [0.5, 0.6) is 0 Å². The lowest BCUT2D eigenvalue weighted by molar-refractivity contribution is -0.671. The third-order valence-electron chi connectivity index (χ3n) is 3.54. The Kier molecular flexibility index (Phi) is 4.51. The molecular formula is C17H21N2O+. The maximum absolute atomic E-state index is 12.4. The van der Waals surface area contributed by atoms with Gasteiger partial charge in [-0.25, -0.2) is 4.57 Å². The highest BCUT2D eigenvalue weighted by atomic mass is 16.2. The first-order valence-electron chi connectivity index (χ1n) is 6.84. The summed E-state index contributed by atoms with van der Waals surface area (Å²) in [6, 6.07) is 14.2. The molecule has 1 amide bonds. The second-order valence-electron chi connectivity index (χ2n) is 5.21. The summed E-state index contributed by atoms with van der Waals surface area (Å²) < 4.78 is 1.89. The van der Waals surface area contributed by atoms with Crippen molar-refractivity contribution in [1.82, 2.24) is 4.90 Å². The van der Waals surface area contributed by atoms with Crippen LogP contribution in [0.3, 0.4) is 0 Å². The van der Waals surface area contributed by atoms with Crippen LogP contribution in [-0.2, 0) is 13.5 Å². The second-order valence-corrected chi connectivity index (χ2v) is 5.21. The van der Waals surface area contributed by atoms with E-state index >= 15 is 0 Å². The van der Waals surface area contributed by atoms with Gasteiger partial charge in [-0.3, -0.25) is 4.79 Å². The molecule has 0 unspecified atom stereocenters. The lowest BCUT2D eigenvalue weighted by Gasteiger charge is -2.24. The average molecular weight is 269 g/mol. The normalized spacial score (nSPS) is 11.9. The van der Waals surface area contributed by atoms with Crippen LogP contribution >= 0.6 is 0 Å². The summed E-state index contributed by atoms with van der Waals surface area (Å²) in [5, 5.41) is 0. The summed E-state index contributed by atoms with van der Waals surface area (Å²) in [6.07, 6.45) is 4.64. The van der Waals surface area contributed by atoms with Gasteiger partial charge in [0.1, 0.15) is 12.6 Å². The Morgan fingerprint density at radius 2 is 1.90 bits per heavy atom. The van der Waals surface area contributed by atoms with Crippen LogP contribution in [0.1, 0.15) is 22.8 Å². The van der Waals surface area contributed by atoms with Crippen molar-refractivity contribution in [1.29, 1.82) is 0 Å². The summed E-state index contributed by atoms with van der Waals surface area (Å²) in [4.78, 5) is 14.2. The maximum atomic E-state index is 12.4. The zero-order valence-electron chi connectivity index (χ0n) is 12.3. The number of pyridine rings is 1. The number of amides is 1. The fourth-order valence-corrected chi connectivity index (χ4v) is 2.21. The Morgan fingerprint density at radius 3 is 2.55 bits per heavy atom. The highest BCUT2D eigenvalue weighted by Crippen LogP contribution is 2.10. The first-order valence-corrected chi connectivity index (χ1v) is 6.84. The predicted molar refractivity (Wildman–Crippen MR) is 79.3 cm³/mol. The zero-order chi connectivity index (χ0) is 14.5. The highest BCUT2D eigenvalue weighted by Gasteiger charge is 2.19. The third kappa shape index (κ3) is 3.44. The van der Waals surface area contributed by atoms with Crippen LogP contribution in [0.25, 0.3) is 0 Å². The molecule has 3 heteroatoms. The van der Waals surface area contributed by atoms with Gasteiger partial charge in [-0.1, -0.05) is 30.3 Å². The molecule has 1 aromatic carbocycles. The minimum absolute atomic E-state index is 0.0598. The summed E-state index contributed by atoms with van der Waals surface area (Å²) in [6.45, 7) is 2.08. The van der Waals surface area contributed by atoms with Crippen molar-refractivity contribution in [3.05, 3.63) is 66.0 Å². The first-order chi connectivity index (χ1) is 9.58. The molecular weight excluding hydrogens is 248 g/mol. The third-order valence-corrected chi connectivity index (χ3v) is 3.54. The zero-order valence-corrected chi connectivity index (χ0v) is 12.3. The molecule has 1 heterocycles. The first kappa shape index (κ1) is 14.3. The Hall–Kier alpha value is -2.16. The molecule has 0 saturated carbocycles. The van der Waals surface area contributed by atoms with Gasteiger partial charge in [-0.15, -0.1) is 0 Å². The van der Waals surface area contributed by atoms with E-state index in [9.17, 15) is 4.79 Å². The number of nitrogens with zero attached hydrogens (tertiary/aromatic N) is 2. The van der Waals surface area contributed by atoms with Crippen LogP contribution < -0.4 is 4.57 Å². The molecule has 0 fully saturated rings. The second kappa shape index (κ2) is 6.33. The van der Waals surface area contributed by atoms with Gasteiger partial charge in [0.05, 0.1) is 0 Å². The number of carbonyl (C=O) groups excluding carboxylic acids is 1. The molecule has 2 rings (SSSR count). The molecule has 104 valence electrons. The summed E-state index contributed by atoms with van der Waals surface area (Å²) in [7, 11) is 3.78. The van der Waals surface area contributed by atoms with Crippen molar-refractivity contribution in [2.45, 2.75) is 19.4 Å². The van der Waals surface area contributed by atoms with Crippen LogP contribution in [0.4, 0.5) is 0 Å². The van der Waals surface area contributed by atoms with Crippen LogP contribution in [0.15, 0.2) is 54.9 Å². The van der Waals surface area contributed by atoms with Gasteiger partial charge in [-0.05, 0) is 25.0 Å². The van der Waals surface area contributed by atoms with Crippen LogP contribution in [-0.4, -0.2) is 23.9 Å². The quantitative estimate of drug-likeness (QED) is 0.781. The maximum Gasteiger partial charge on any atom is 0.259 e. The smallest absolute Gasteiger partial charge is 0.259 e. The van der Waals surface area contributed by atoms with Crippen molar-refractivity contribution in [3.8, 4) is 0 Å². The Morgan fingerprint density at radius 1 is 1.20 bits per heavy atom. The van der Waals surface area contributed by atoms with E-state index in [1.165, 1.54) is 5.56 Å².